The van der Waals surface area contributed by atoms with Crippen LogP contribution in [0, 0.1) is 11.3 Å². The van der Waals surface area contributed by atoms with Gasteiger partial charge in [0, 0.05) is 23.2 Å². The van der Waals surface area contributed by atoms with Crippen molar-refractivity contribution in [3.63, 3.8) is 0 Å². The van der Waals surface area contributed by atoms with Crippen LogP contribution in [0.5, 0.6) is 0 Å². The van der Waals surface area contributed by atoms with E-state index in [0.29, 0.717) is 11.6 Å². The predicted octanol–water partition coefficient (Wildman–Crippen LogP) is 1.91. The smallest absolute Gasteiger partial charge is 0.251 e. The Bertz CT molecular complexity index is 616. The topological polar surface area (TPSA) is 70.2 Å². The fraction of sp³-hybridized carbons (Fsp3) is 0.556. The van der Waals surface area contributed by atoms with Crippen molar-refractivity contribution >= 4 is 17.5 Å². The minimum atomic E-state index is -0.0266. The Labute approximate surface area is 136 Å². The molecule has 122 valence electrons. The largest absolute Gasteiger partial charge is 0.349 e. The number of amides is 2. The molecule has 0 bridgehead atoms. The van der Waals surface area contributed by atoms with E-state index in [-0.39, 0.29) is 23.1 Å². The van der Waals surface area contributed by atoms with Crippen LogP contribution in [0.2, 0.25) is 0 Å². The van der Waals surface area contributed by atoms with Crippen LogP contribution in [-0.4, -0.2) is 30.9 Å². The highest BCUT2D eigenvalue weighted by Gasteiger charge is 2.57. The number of carbonyl (C=O) groups excluding carboxylic acids is 2. The third-order valence-corrected chi connectivity index (χ3v) is 5.43. The lowest BCUT2D eigenvalue weighted by atomic mass is 9.92. The Hall–Kier alpha value is -1.88. The average Bonchev–Trinajstić information content (AvgIpc) is 3.47. The van der Waals surface area contributed by atoms with Gasteiger partial charge in [-0.1, -0.05) is 0 Å². The molecule has 1 aliphatic heterocycles. The monoisotopic (exact) mass is 313 g/mol. The number of piperidine rings is 1. The molecule has 1 unspecified atom stereocenters. The first-order valence-electron chi connectivity index (χ1n) is 8.59. The van der Waals surface area contributed by atoms with Crippen molar-refractivity contribution in [3.05, 3.63) is 29.8 Å². The van der Waals surface area contributed by atoms with Gasteiger partial charge >= 0.3 is 0 Å². The molecule has 1 spiro atoms. The Morgan fingerprint density at radius 3 is 2.43 bits per heavy atom. The molecular formula is C18H23N3O2. The lowest BCUT2D eigenvalue weighted by Gasteiger charge is -2.23. The second-order valence-electron chi connectivity index (χ2n) is 7.18. The molecule has 1 heterocycles. The first-order valence-corrected chi connectivity index (χ1v) is 8.59. The molecule has 1 saturated heterocycles. The summed E-state index contributed by atoms with van der Waals surface area (Å²) in [4.78, 5) is 24.4. The molecule has 1 aromatic rings. The van der Waals surface area contributed by atoms with Crippen molar-refractivity contribution in [3.8, 4) is 0 Å². The molecule has 3 aliphatic rings. The van der Waals surface area contributed by atoms with Crippen molar-refractivity contribution in [2.75, 3.05) is 18.4 Å². The second kappa shape index (κ2) is 5.64. The number of nitrogens with one attached hydrogen (secondary N) is 3. The minimum Gasteiger partial charge on any atom is -0.349 e. The van der Waals surface area contributed by atoms with Crippen molar-refractivity contribution < 1.29 is 9.59 Å². The SMILES string of the molecule is O=C(NC1CC1)c1ccc(NC(=O)C2CC23CCNCC3)cc1. The highest BCUT2D eigenvalue weighted by Crippen LogP contribution is 2.58. The quantitative estimate of drug-likeness (QED) is 0.795. The van der Waals surface area contributed by atoms with E-state index in [1.807, 2.05) is 12.1 Å². The average molecular weight is 313 g/mol. The summed E-state index contributed by atoms with van der Waals surface area (Å²) in [7, 11) is 0. The van der Waals surface area contributed by atoms with Crippen molar-refractivity contribution in [2.24, 2.45) is 11.3 Å². The number of hydrogen-bond donors (Lipinski definition) is 3. The van der Waals surface area contributed by atoms with Gasteiger partial charge in [-0.05, 0) is 74.9 Å². The number of anilines is 1. The first-order chi connectivity index (χ1) is 11.2. The summed E-state index contributed by atoms with van der Waals surface area (Å²) in [6.45, 7) is 2.04. The number of hydrogen-bond acceptors (Lipinski definition) is 3. The van der Waals surface area contributed by atoms with Crippen molar-refractivity contribution in [2.45, 2.75) is 38.1 Å². The summed E-state index contributed by atoms with van der Waals surface area (Å²) in [5.41, 5.74) is 1.67. The fourth-order valence-electron chi connectivity index (χ4n) is 3.63. The van der Waals surface area contributed by atoms with E-state index in [4.69, 9.17) is 0 Å². The predicted molar refractivity (Wildman–Crippen MR) is 88.2 cm³/mol. The van der Waals surface area contributed by atoms with E-state index in [9.17, 15) is 9.59 Å². The maximum Gasteiger partial charge on any atom is 0.251 e. The molecule has 3 fully saturated rings. The zero-order valence-electron chi connectivity index (χ0n) is 13.2. The highest BCUT2D eigenvalue weighted by molar-refractivity contribution is 5.97. The van der Waals surface area contributed by atoms with Gasteiger partial charge in [0.05, 0.1) is 0 Å². The maximum atomic E-state index is 12.4. The van der Waals surface area contributed by atoms with Crippen LogP contribution in [-0.2, 0) is 4.79 Å². The molecule has 4 rings (SSSR count). The van der Waals surface area contributed by atoms with E-state index in [1.54, 1.807) is 12.1 Å². The van der Waals surface area contributed by atoms with Crippen LogP contribution in [0.15, 0.2) is 24.3 Å². The van der Waals surface area contributed by atoms with Crippen LogP contribution in [0.25, 0.3) is 0 Å². The van der Waals surface area contributed by atoms with Crippen LogP contribution >= 0.6 is 0 Å². The Balaban J connectivity index is 1.33. The highest BCUT2D eigenvalue weighted by atomic mass is 16.2. The maximum absolute atomic E-state index is 12.4. The van der Waals surface area contributed by atoms with Gasteiger partial charge in [0.25, 0.3) is 5.91 Å². The molecule has 23 heavy (non-hydrogen) atoms. The normalized spacial score (nSPS) is 25.0. The molecule has 2 amide bonds. The lowest BCUT2D eigenvalue weighted by Crippen LogP contribution is -2.31. The molecule has 2 saturated carbocycles. The molecular weight excluding hydrogens is 290 g/mol. The Morgan fingerprint density at radius 1 is 1.09 bits per heavy atom. The summed E-state index contributed by atoms with van der Waals surface area (Å²) < 4.78 is 0. The zero-order valence-corrected chi connectivity index (χ0v) is 13.2. The third kappa shape index (κ3) is 3.11. The van der Waals surface area contributed by atoms with Gasteiger partial charge < -0.3 is 16.0 Å². The van der Waals surface area contributed by atoms with E-state index in [0.717, 1.165) is 50.9 Å². The standard InChI is InChI=1S/C18H23N3O2/c22-16(20-14-5-6-14)12-1-3-13(4-2-12)21-17(23)15-11-18(15)7-9-19-10-8-18/h1-4,14-15,19H,5-11H2,(H,20,22)(H,21,23). The summed E-state index contributed by atoms with van der Waals surface area (Å²) in [5, 5.41) is 9.32. The van der Waals surface area contributed by atoms with Gasteiger partial charge in [0.1, 0.15) is 0 Å². The van der Waals surface area contributed by atoms with Gasteiger partial charge in [0.15, 0.2) is 0 Å². The number of carbonyl (C=O) groups is 2. The third-order valence-electron chi connectivity index (χ3n) is 5.43. The van der Waals surface area contributed by atoms with Gasteiger partial charge in [0.2, 0.25) is 5.91 Å². The molecule has 0 radical (unpaired) electrons. The molecule has 5 nitrogen and oxygen atoms in total. The molecule has 0 aromatic heterocycles. The first kappa shape index (κ1) is 14.7. The lowest BCUT2D eigenvalue weighted by molar-refractivity contribution is -0.118. The van der Waals surface area contributed by atoms with E-state index < -0.39 is 0 Å². The van der Waals surface area contributed by atoms with Crippen LogP contribution < -0.4 is 16.0 Å². The summed E-state index contributed by atoms with van der Waals surface area (Å²) in [5.74, 6) is 0.255. The van der Waals surface area contributed by atoms with Crippen molar-refractivity contribution in [1.29, 1.82) is 0 Å². The molecule has 1 atom stereocenters. The Kier molecular flexibility index (Phi) is 3.60. The summed E-state index contributed by atoms with van der Waals surface area (Å²) in [6.07, 6.45) is 5.39. The van der Waals surface area contributed by atoms with Gasteiger partial charge in [-0.3, -0.25) is 9.59 Å². The van der Waals surface area contributed by atoms with E-state index in [1.165, 1.54) is 0 Å². The van der Waals surface area contributed by atoms with Gasteiger partial charge in [-0.25, -0.2) is 0 Å². The van der Waals surface area contributed by atoms with Gasteiger partial charge in [-0.15, -0.1) is 0 Å². The molecule has 3 N–H and O–H groups in total. The van der Waals surface area contributed by atoms with Crippen molar-refractivity contribution in [1.82, 2.24) is 10.6 Å². The van der Waals surface area contributed by atoms with Crippen LogP contribution in [0.3, 0.4) is 0 Å². The molecule has 5 heteroatoms. The Morgan fingerprint density at radius 2 is 1.78 bits per heavy atom. The molecule has 2 aliphatic carbocycles. The number of rotatable bonds is 4. The van der Waals surface area contributed by atoms with Crippen LogP contribution in [0.4, 0.5) is 5.69 Å². The summed E-state index contributed by atoms with van der Waals surface area (Å²) >= 11 is 0. The summed E-state index contributed by atoms with van der Waals surface area (Å²) in [6, 6.07) is 7.55. The fourth-order valence-corrected chi connectivity index (χ4v) is 3.63. The van der Waals surface area contributed by atoms with Gasteiger partial charge in [-0.2, -0.15) is 0 Å². The molecule has 1 aromatic carbocycles. The zero-order chi connectivity index (χ0) is 15.9. The second-order valence-corrected chi connectivity index (χ2v) is 7.18. The minimum absolute atomic E-state index is 0.0266. The number of benzene rings is 1. The van der Waals surface area contributed by atoms with E-state index >= 15 is 0 Å². The van der Waals surface area contributed by atoms with Crippen LogP contribution in [0.1, 0.15) is 42.5 Å². The van der Waals surface area contributed by atoms with E-state index in [2.05, 4.69) is 16.0 Å².